The number of halogens is 4. The van der Waals surface area contributed by atoms with E-state index in [1.165, 1.54) is 30.5 Å². The number of hydrogen-bond acceptors (Lipinski definition) is 5. The quantitative estimate of drug-likeness (QED) is 0.290. The number of hydrogen-bond donors (Lipinski definition) is 5. The molecule has 0 bridgehead atoms. The van der Waals surface area contributed by atoms with Crippen molar-refractivity contribution in [2.45, 2.75) is 57.2 Å². The lowest BCUT2D eigenvalue weighted by molar-refractivity contribution is -0.122. The van der Waals surface area contributed by atoms with Crippen LogP contribution in [-0.2, 0) is 20.5 Å². The van der Waals surface area contributed by atoms with E-state index in [1.54, 1.807) is 25.2 Å². The zero-order valence-corrected chi connectivity index (χ0v) is 25.2. The molecule has 2 aromatic rings. The van der Waals surface area contributed by atoms with Gasteiger partial charge in [0.25, 0.3) is 10.2 Å². The molecule has 1 amide bonds. The van der Waals surface area contributed by atoms with Crippen molar-refractivity contribution in [3.05, 3.63) is 81.5 Å². The van der Waals surface area contributed by atoms with Crippen LogP contribution in [0.3, 0.4) is 0 Å². The fourth-order valence-corrected chi connectivity index (χ4v) is 6.74. The molecular formula is C27H35Cl2F2N5O3S. The second-order valence-corrected chi connectivity index (χ2v) is 13.5. The minimum absolute atomic E-state index is 0.112. The van der Waals surface area contributed by atoms with Crippen LogP contribution in [0, 0.1) is 17.0 Å². The van der Waals surface area contributed by atoms with E-state index in [2.05, 4.69) is 20.7 Å². The van der Waals surface area contributed by atoms with Gasteiger partial charge in [-0.25, -0.2) is 13.9 Å². The Balaban J connectivity index is 2.25. The van der Waals surface area contributed by atoms with Crippen LogP contribution < -0.4 is 25.8 Å². The number of amides is 1. The predicted molar refractivity (Wildman–Crippen MR) is 154 cm³/mol. The molecule has 0 radical (unpaired) electrons. The van der Waals surface area contributed by atoms with E-state index in [0.717, 1.165) is 0 Å². The van der Waals surface area contributed by atoms with E-state index in [0.29, 0.717) is 6.42 Å². The molecule has 0 saturated carbocycles. The molecule has 4 atom stereocenters. The molecule has 1 fully saturated rings. The molecule has 13 heteroatoms. The highest BCUT2D eigenvalue weighted by molar-refractivity contribution is 7.87. The highest BCUT2D eigenvalue weighted by atomic mass is 35.5. The number of nitrogens with two attached hydrogens (primary N) is 1. The largest absolute Gasteiger partial charge is 0.332 e. The van der Waals surface area contributed by atoms with Crippen LogP contribution in [0.4, 0.5) is 8.78 Å². The minimum Gasteiger partial charge on any atom is -0.332 e. The summed E-state index contributed by atoms with van der Waals surface area (Å²) in [5.41, 5.74) is -2.39. The molecule has 1 heterocycles. The normalized spacial score (nSPS) is 25.4. The highest BCUT2D eigenvalue weighted by Gasteiger charge is 2.65. The molecule has 1 unspecified atom stereocenters. The van der Waals surface area contributed by atoms with Gasteiger partial charge in [-0.2, -0.15) is 13.1 Å². The van der Waals surface area contributed by atoms with Crippen molar-refractivity contribution in [2.75, 3.05) is 13.6 Å². The molecule has 220 valence electrons. The van der Waals surface area contributed by atoms with Crippen LogP contribution in [0.1, 0.15) is 51.2 Å². The molecule has 0 aromatic heterocycles. The fraction of sp³-hybridized carbons (Fsp3) is 0.444. The number of carbonyl (C=O) groups excluding carboxylic acids is 1. The second kappa shape index (κ2) is 12.0. The number of benzene rings is 2. The lowest BCUT2D eigenvalue weighted by Crippen LogP contribution is -2.62. The van der Waals surface area contributed by atoms with Crippen LogP contribution >= 0.6 is 23.2 Å². The monoisotopic (exact) mass is 617 g/mol. The Morgan fingerprint density at radius 2 is 1.88 bits per heavy atom. The highest BCUT2D eigenvalue weighted by Crippen LogP contribution is 2.56. The summed E-state index contributed by atoms with van der Waals surface area (Å²) in [6.45, 7) is 7.76. The lowest BCUT2D eigenvalue weighted by Gasteiger charge is -2.49. The first-order valence-electron chi connectivity index (χ1n) is 12.5. The average Bonchev–Trinajstić information content (AvgIpc) is 3.07. The third-order valence-corrected chi connectivity index (χ3v) is 8.22. The van der Waals surface area contributed by atoms with Crippen LogP contribution in [0.15, 0.2) is 48.7 Å². The van der Waals surface area contributed by atoms with Crippen LogP contribution in [-0.4, -0.2) is 39.5 Å². The van der Waals surface area contributed by atoms with E-state index < -0.39 is 50.8 Å². The lowest BCUT2D eigenvalue weighted by atomic mass is 9.61. The molecule has 40 heavy (non-hydrogen) atoms. The molecule has 2 aromatic carbocycles. The third kappa shape index (κ3) is 6.67. The van der Waals surface area contributed by atoms with Gasteiger partial charge in [0.1, 0.15) is 11.6 Å². The molecule has 0 aliphatic carbocycles. The Labute approximate surface area is 244 Å². The van der Waals surface area contributed by atoms with E-state index in [1.807, 2.05) is 27.7 Å². The predicted octanol–water partition coefficient (Wildman–Crippen LogP) is 4.06. The van der Waals surface area contributed by atoms with Gasteiger partial charge >= 0.3 is 0 Å². The summed E-state index contributed by atoms with van der Waals surface area (Å²) in [6, 6.07) is 7.71. The summed E-state index contributed by atoms with van der Waals surface area (Å²) in [6.07, 6.45) is 3.06. The van der Waals surface area contributed by atoms with Crippen molar-refractivity contribution in [1.82, 2.24) is 20.7 Å². The molecule has 3 rings (SSSR count). The van der Waals surface area contributed by atoms with Gasteiger partial charge in [0.05, 0.1) is 16.6 Å². The van der Waals surface area contributed by atoms with Gasteiger partial charge in [-0.1, -0.05) is 68.2 Å². The maximum Gasteiger partial charge on any atom is 0.274 e. The molecule has 1 saturated heterocycles. The topological polar surface area (TPSA) is 125 Å². The molecule has 6 N–H and O–H groups in total. The van der Waals surface area contributed by atoms with Gasteiger partial charge in [-0.15, -0.1) is 0 Å². The summed E-state index contributed by atoms with van der Waals surface area (Å²) < 4.78 is 55.9. The maximum absolute atomic E-state index is 15.8. The molecule has 1 aliphatic heterocycles. The van der Waals surface area contributed by atoms with Crippen molar-refractivity contribution in [2.24, 2.45) is 10.6 Å². The number of carbonyl (C=O) groups is 1. The summed E-state index contributed by atoms with van der Waals surface area (Å²) in [5.74, 6) is -2.90. The van der Waals surface area contributed by atoms with Crippen molar-refractivity contribution in [1.29, 1.82) is 0 Å². The summed E-state index contributed by atoms with van der Waals surface area (Å²) in [4.78, 5) is 13.7. The zero-order valence-electron chi connectivity index (χ0n) is 22.9. The molecule has 0 spiro atoms. The average molecular weight is 619 g/mol. The van der Waals surface area contributed by atoms with Crippen LogP contribution in [0.25, 0.3) is 0 Å². The van der Waals surface area contributed by atoms with E-state index in [4.69, 9.17) is 28.3 Å². The van der Waals surface area contributed by atoms with Gasteiger partial charge in [-0.3, -0.25) is 10.1 Å². The zero-order chi connectivity index (χ0) is 30.1. The Hall–Kier alpha value is -2.12. The Morgan fingerprint density at radius 1 is 1.20 bits per heavy atom. The van der Waals surface area contributed by atoms with Gasteiger partial charge in [-0.05, 0) is 49.6 Å². The van der Waals surface area contributed by atoms with Crippen molar-refractivity contribution in [3.8, 4) is 0 Å². The number of likely N-dealkylation sites (N-methyl/N-ethyl adjacent to an activating group) is 1. The Morgan fingerprint density at radius 3 is 2.45 bits per heavy atom. The summed E-state index contributed by atoms with van der Waals surface area (Å²) >= 11 is 12.3. The summed E-state index contributed by atoms with van der Waals surface area (Å²) in [5, 5.41) is 14.3. The Kier molecular flexibility index (Phi) is 9.73. The fourth-order valence-electron chi connectivity index (χ4n) is 6.07. The van der Waals surface area contributed by atoms with Crippen molar-refractivity contribution in [3.63, 3.8) is 0 Å². The van der Waals surface area contributed by atoms with Crippen LogP contribution in [0.5, 0.6) is 0 Å². The van der Waals surface area contributed by atoms with Crippen molar-refractivity contribution < 1.29 is 22.0 Å². The number of nitrogens with one attached hydrogen (secondary N) is 4. The van der Waals surface area contributed by atoms with Gasteiger partial charge in [0.2, 0.25) is 5.91 Å². The maximum atomic E-state index is 15.8. The smallest absolute Gasteiger partial charge is 0.274 e. The van der Waals surface area contributed by atoms with Gasteiger partial charge < -0.3 is 10.6 Å². The summed E-state index contributed by atoms with van der Waals surface area (Å²) in [7, 11) is -2.27. The Bertz CT molecular complexity index is 1400. The van der Waals surface area contributed by atoms with Crippen LogP contribution in [0.2, 0.25) is 10.0 Å². The minimum atomic E-state index is -3.92. The first kappa shape index (κ1) is 32.4. The van der Waals surface area contributed by atoms with Crippen molar-refractivity contribution >= 4 is 39.3 Å². The van der Waals surface area contributed by atoms with E-state index in [9.17, 15) is 13.2 Å². The van der Waals surface area contributed by atoms with E-state index >= 15 is 8.78 Å². The number of rotatable bonds is 9. The standard InChI is InChI=1S/C27H35Cl2F2N5O3S/c1-25(2,3)15-26(4)27(33-5,18-11-10-16(28)14-20(18)30)21(17-8-6-9-19(29)22(17)31)23(36-26)24(37)34-12-7-13-35-40(32,38)39/h6-12,14,21,23,33,35-36H,13,15H2,1-5H3,(H,34,37)(H2,32,38,39)/b12-7+/t21?,23-,26-,27+/m1/s1. The molecule has 8 nitrogen and oxygen atoms in total. The first-order chi connectivity index (χ1) is 18.5. The first-order valence-corrected chi connectivity index (χ1v) is 14.8. The van der Waals surface area contributed by atoms with Gasteiger partial charge in [0, 0.05) is 34.8 Å². The SMILES string of the molecule is CN[C@@]1(c2ccc(Cl)cc2F)C(c2cccc(Cl)c2F)[C@H](C(=O)N/C=C/CNS(N)(=O)=O)N[C@]1(C)CC(C)(C)C. The second-order valence-electron chi connectivity index (χ2n) is 11.3. The van der Waals surface area contributed by atoms with Gasteiger partial charge in [0.15, 0.2) is 0 Å². The van der Waals surface area contributed by atoms with E-state index in [-0.39, 0.29) is 33.1 Å². The molecule has 1 aliphatic rings. The molecular weight excluding hydrogens is 583 g/mol. The third-order valence-electron chi connectivity index (χ3n) is 7.12.